The smallest absolute Gasteiger partial charge is 1.00 e. The predicted molar refractivity (Wildman–Crippen MR) is 134 cm³/mol. The molecule has 0 amide bonds. The molecule has 3 aliphatic carbocycles. The van der Waals surface area contributed by atoms with E-state index in [1.54, 1.807) is 10.9 Å². The monoisotopic (exact) mass is 504 g/mol. The van der Waals surface area contributed by atoms with Gasteiger partial charge in [-0.25, -0.2) is 0 Å². The Morgan fingerprint density at radius 2 is 1.29 bits per heavy atom. The number of fused-ring (bicyclic) bond motifs is 2. The van der Waals surface area contributed by atoms with Crippen molar-refractivity contribution in [1.82, 2.24) is 0 Å². The van der Waals surface area contributed by atoms with Crippen molar-refractivity contribution in [2.45, 2.75) is 21.3 Å². The van der Waals surface area contributed by atoms with Gasteiger partial charge in [-0.3, -0.25) is 0 Å². The van der Waals surface area contributed by atoms with Crippen molar-refractivity contribution in [3.63, 3.8) is 0 Å². The minimum absolute atomic E-state index is 0. The van der Waals surface area contributed by atoms with Crippen LogP contribution >= 0.6 is 7.92 Å². The van der Waals surface area contributed by atoms with Crippen molar-refractivity contribution in [3.8, 4) is 0 Å². The molecule has 0 bridgehead atoms. The van der Waals surface area contributed by atoms with Crippen LogP contribution in [0.25, 0.3) is 6.08 Å². The maximum atomic E-state index is 2.57. The topological polar surface area (TPSA) is 0 Å². The van der Waals surface area contributed by atoms with Crippen LogP contribution in [0.5, 0.6) is 0 Å². The van der Waals surface area contributed by atoms with E-state index in [-0.39, 0.29) is 28.6 Å². The van der Waals surface area contributed by atoms with Crippen molar-refractivity contribution in [2.75, 3.05) is 0 Å². The van der Waals surface area contributed by atoms with E-state index in [1.165, 1.54) is 29.0 Å². The summed E-state index contributed by atoms with van der Waals surface area (Å²) in [6.45, 7) is 0. The van der Waals surface area contributed by atoms with Gasteiger partial charge in [-0.1, -0.05) is 0 Å². The molecule has 34 heavy (non-hydrogen) atoms. The molecule has 6 rings (SSSR count). The van der Waals surface area contributed by atoms with Gasteiger partial charge in [0, 0.05) is 0 Å². The second kappa shape index (κ2) is 11.1. The van der Waals surface area contributed by atoms with Gasteiger partial charge in [0.1, 0.15) is 0 Å². The summed E-state index contributed by atoms with van der Waals surface area (Å²) in [7, 11) is -0.517. The summed E-state index contributed by atoms with van der Waals surface area (Å²) in [4.78, 5) is 0. The van der Waals surface area contributed by atoms with Gasteiger partial charge in [0.25, 0.3) is 0 Å². The molecule has 0 aliphatic heterocycles. The molecule has 3 aromatic carbocycles. The van der Waals surface area contributed by atoms with E-state index in [9.17, 15) is 0 Å². The Kier molecular flexibility index (Phi) is 8.15. The van der Waals surface area contributed by atoms with Crippen LogP contribution in [0.3, 0.4) is 0 Å². The zero-order valence-electron chi connectivity index (χ0n) is 18.9. The van der Waals surface area contributed by atoms with Crippen LogP contribution in [-0.2, 0) is 19.2 Å². The van der Waals surface area contributed by atoms with E-state index >= 15 is 0 Å². The van der Waals surface area contributed by atoms with E-state index in [0.29, 0.717) is 4.22 Å². The van der Waals surface area contributed by atoms with Crippen molar-refractivity contribution >= 4 is 24.6 Å². The van der Waals surface area contributed by atoms with Crippen LogP contribution in [0.15, 0.2) is 115 Å². The molecule has 0 spiro atoms. The van der Waals surface area contributed by atoms with Crippen molar-refractivity contribution in [1.29, 1.82) is 0 Å². The second-order valence-corrected chi connectivity index (χ2v) is 13.8. The summed E-state index contributed by atoms with van der Waals surface area (Å²) in [5.74, 6) is 1.55. The third kappa shape index (κ3) is 4.69. The van der Waals surface area contributed by atoms with Gasteiger partial charge in [0.2, 0.25) is 0 Å². The normalized spacial score (nSPS) is 23.9. The van der Waals surface area contributed by atoms with E-state index in [2.05, 4.69) is 115 Å². The van der Waals surface area contributed by atoms with E-state index in [0.717, 1.165) is 16.1 Å². The number of hydrogen-bond acceptors (Lipinski definition) is 0. The number of rotatable bonds is 5. The molecule has 4 atom stereocenters. The predicted octanol–water partition coefficient (Wildman–Crippen LogP) is 1.25. The van der Waals surface area contributed by atoms with Crippen LogP contribution in [0.4, 0.5) is 0 Å². The van der Waals surface area contributed by atoms with Gasteiger partial charge >= 0.3 is 203 Å². The molecule has 4 heteroatoms. The third-order valence-electron chi connectivity index (χ3n) is 7.15. The third-order valence-corrected chi connectivity index (χ3v) is 13.3. The quantitative estimate of drug-likeness (QED) is 0.363. The minimum Gasteiger partial charge on any atom is -1.00 e. The van der Waals surface area contributed by atoms with Gasteiger partial charge in [0.15, 0.2) is 0 Å². The molecule has 170 valence electrons. The maximum absolute atomic E-state index is 2.57. The molecular formula is C30H27F2PTi. The average Bonchev–Trinajstić information content (AvgIpc) is 3.43. The van der Waals surface area contributed by atoms with E-state index in [4.69, 9.17) is 0 Å². The Morgan fingerprint density at radius 3 is 2.00 bits per heavy atom. The molecule has 4 unspecified atom stereocenters. The summed E-state index contributed by atoms with van der Waals surface area (Å²) in [6.07, 6.45) is 14.9. The van der Waals surface area contributed by atoms with Gasteiger partial charge < -0.3 is 9.41 Å². The largest absolute Gasteiger partial charge is 1.00 e. The van der Waals surface area contributed by atoms with Crippen molar-refractivity contribution in [3.05, 3.63) is 126 Å². The molecular weight excluding hydrogens is 477 g/mol. The van der Waals surface area contributed by atoms with Crippen LogP contribution in [0, 0.1) is 11.8 Å². The van der Waals surface area contributed by atoms with Crippen LogP contribution in [0.2, 0.25) is 4.22 Å². The fourth-order valence-electron chi connectivity index (χ4n) is 5.64. The molecule has 0 N–H and O–H groups in total. The molecule has 0 nitrogen and oxygen atoms in total. The maximum Gasteiger partial charge on any atom is -1.00 e. The average molecular weight is 504 g/mol. The summed E-state index contributed by atoms with van der Waals surface area (Å²) in [5.41, 5.74) is 3.06. The summed E-state index contributed by atoms with van der Waals surface area (Å²) < 4.78 is 1.53. The fraction of sp³-hybridized carbons (Fsp3) is 0.200. The Bertz CT molecular complexity index is 1150. The first-order valence-corrected chi connectivity index (χ1v) is 14.8. The molecule has 3 aromatic rings. The SMILES string of the molecule is C1=CC2CC[CH]([Ti+2][CH]3C(P(c4ccccc4)c4ccccc4)=Cc4ccccc43)C2C=C1.[F-].[F-]. The van der Waals surface area contributed by atoms with Gasteiger partial charge in [-0.05, 0) is 0 Å². The molecule has 0 radical (unpaired) electrons. The van der Waals surface area contributed by atoms with Gasteiger partial charge in [-0.2, -0.15) is 0 Å². The van der Waals surface area contributed by atoms with Crippen LogP contribution in [-0.4, -0.2) is 0 Å². The molecule has 0 saturated heterocycles. The number of hydrogen-bond donors (Lipinski definition) is 0. The molecule has 0 heterocycles. The summed E-state index contributed by atoms with van der Waals surface area (Å²) in [6, 6.07) is 31.7. The first-order chi connectivity index (χ1) is 15.9. The Labute approximate surface area is 211 Å². The fourth-order valence-corrected chi connectivity index (χ4v) is 12.2. The van der Waals surface area contributed by atoms with E-state index < -0.39 is 7.92 Å². The Balaban J connectivity index is 0.00000137. The zero-order valence-corrected chi connectivity index (χ0v) is 21.4. The van der Waals surface area contributed by atoms with Crippen LogP contribution in [0.1, 0.15) is 28.2 Å². The molecule has 1 saturated carbocycles. The summed E-state index contributed by atoms with van der Waals surface area (Å²) >= 11 is -0.186. The van der Waals surface area contributed by atoms with Gasteiger partial charge in [0.05, 0.1) is 0 Å². The summed E-state index contributed by atoms with van der Waals surface area (Å²) in [5, 5.41) is 4.65. The number of benzene rings is 3. The van der Waals surface area contributed by atoms with Crippen LogP contribution < -0.4 is 20.0 Å². The first-order valence-electron chi connectivity index (χ1n) is 11.7. The van der Waals surface area contributed by atoms with Gasteiger partial charge in [-0.15, -0.1) is 0 Å². The van der Waals surface area contributed by atoms with Crippen molar-refractivity contribution in [2.24, 2.45) is 11.8 Å². The zero-order chi connectivity index (χ0) is 21.3. The Morgan fingerprint density at radius 1 is 0.676 bits per heavy atom. The standard InChI is InChI=1S/C21H16P.C9H11.2FH.Ti/c1-3-11-19(12-4-1)22(20-13-5-2-6-14-20)21-15-17-9-7-8-10-18(17)16-21;1-2-5-9-7-3-6-8(9)4-1;;;/h1-16H;1-2,4-6,8-9H,3,7H2;2*1H;/q;;;;+2/p-2. The minimum atomic E-state index is -0.517. The second-order valence-electron chi connectivity index (χ2n) is 9.00. The molecule has 1 fully saturated rings. The molecule has 3 aliphatic rings. The van der Waals surface area contributed by atoms with E-state index in [1.807, 2.05) is 0 Å². The number of halogens is 2. The Hall–Kier alpha value is -2.12. The first kappa shape index (κ1) is 25.0. The number of allylic oxidation sites excluding steroid dienone is 5. The van der Waals surface area contributed by atoms with Crippen molar-refractivity contribution < 1.29 is 28.6 Å². The molecule has 0 aromatic heterocycles.